The number of halogens is 1. The maximum absolute atomic E-state index is 13.1. The molecule has 0 amide bonds. The van der Waals surface area contributed by atoms with E-state index >= 15 is 0 Å². The van der Waals surface area contributed by atoms with Gasteiger partial charge in [0.2, 0.25) is 0 Å². The van der Waals surface area contributed by atoms with Gasteiger partial charge in [0.1, 0.15) is 5.82 Å². The van der Waals surface area contributed by atoms with Gasteiger partial charge in [0.05, 0.1) is 24.6 Å². The van der Waals surface area contributed by atoms with Crippen molar-refractivity contribution in [3.63, 3.8) is 0 Å². The van der Waals surface area contributed by atoms with Crippen molar-refractivity contribution in [2.75, 3.05) is 31.6 Å². The quantitative estimate of drug-likeness (QED) is 0.926. The molecule has 2 fully saturated rings. The third-order valence-corrected chi connectivity index (χ3v) is 5.69. The normalized spacial score (nSPS) is 23.2. The van der Waals surface area contributed by atoms with Gasteiger partial charge < -0.3 is 14.6 Å². The zero-order valence-electron chi connectivity index (χ0n) is 14.6. The molecular formula is C19H25FN4O. The average Bonchev–Trinajstić information content (AvgIpc) is 3.28. The number of likely N-dealkylation sites (tertiary alicyclic amines) is 1. The summed E-state index contributed by atoms with van der Waals surface area (Å²) in [5.41, 5.74) is 2.21. The van der Waals surface area contributed by atoms with E-state index in [1.807, 2.05) is 18.3 Å². The second-order valence-corrected chi connectivity index (χ2v) is 7.29. The van der Waals surface area contributed by atoms with Crippen molar-refractivity contribution in [3.8, 4) is 0 Å². The third kappa shape index (κ3) is 3.55. The fourth-order valence-electron chi connectivity index (χ4n) is 4.04. The molecule has 134 valence electrons. The number of ether oxygens (including phenoxy) is 1. The highest BCUT2D eigenvalue weighted by Gasteiger charge is 2.43. The highest BCUT2D eigenvalue weighted by atomic mass is 19.1. The molecule has 25 heavy (non-hydrogen) atoms. The first kappa shape index (κ1) is 16.5. The molecule has 1 spiro atoms. The Morgan fingerprint density at radius 2 is 2.08 bits per heavy atom. The number of rotatable bonds is 4. The molecule has 0 radical (unpaired) electrons. The van der Waals surface area contributed by atoms with E-state index in [1.165, 1.54) is 12.1 Å². The van der Waals surface area contributed by atoms with E-state index in [0.29, 0.717) is 6.04 Å². The average molecular weight is 344 g/mol. The van der Waals surface area contributed by atoms with Crippen LogP contribution < -0.4 is 4.90 Å². The van der Waals surface area contributed by atoms with Crippen LogP contribution in [0, 0.1) is 5.82 Å². The molecule has 1 atom stereocenters. The van der Waals surface area contributed by atoms with Crippen molar-refractivity contribution in [1.82, 2.24) is 14.9 Å². The number of hydrogen-bond donors (Lipinski definition) is 1. The molecule has 2 aliphatic heterocycles. The highest BCUT2D eigenvalue weighted by Crippen LogP contribution is 2.38. The zero-order valence-corrected chi connectivity index (χ0v) is 14.6. The van der Waals surface area contributed by atoms with Crippen LogP contribution in [0.5, 0.6) is 0 Å². The summed E-state index contributed by atoms with van der Waals surface area (Å²) in [5.74, 6) is -0.194. The first-order valence-electron chi connectivity index (χ1n) is 8.96. The molecule has 1 aromatic carbocycles. The molecule has 4 rings (SSSR count). The molecular weight excluding hydrogens is 319 g/mol. The van der Waals surface area contributed by atoms with Crippen molar-refractivity contribution < 1.29 is 9.13 Å². The number of H-pyrrole nitrogens is 1. The predicted molar refractivity (Wildman–Crippen MR) is 95.0 cm³/mol. The Labute approximate surface area is 147 Å². The van der Waals surface area contributed by atoms with Gasteiger partial charge in [0.25, 0.3) is 0 Å². The molecule has 0 aliphatic carbocycles. The maximum atomic E-state index is 13.1. The molecule has 2 aromatic rings. The molecule has 3 heterocycles. The Hall–Kier alpha value is -1.92. The van der Waals surface area contributed by atoms with E-state index in [-0.39, 0.29) is 11.4 Å². The Bertz CT molecular complexity index is 680. The van der Waals surface area contributed by atoms with Gasteiger partial charge in [-0.05, 0) is 43.5 Å². The first-order chi connectivity index (χ1) is 12.1. The van der Waals surface area contributed by atoms with Crippen LogP contribution in [0.15, 0.2) is 36.8 Å². The Kier molecular flexibility index (Phi) is 4.48. The van der Waals surface area contributed by atoms with Gasteiger partial charge in [-0.2, -0.15) is 0 Å². The van der Waals surface area contributed by atoms with E-state index in [1.54, 1.807) is 6.33 Å². The lowest BCUT2D eigenvalue weighted by molar-refractivity contribution is -0.0450. The summed E-state index contributed by atoms with van der Waals surface area (Å²) in [6, 6.07) is 7.07. The molecule has 1 unspecified atom stereocenters. The molecule has 1 aromatic heterocycles. The standard InChI is InChI=1S/C19H25FN4O/c1-23(17-4-2-15(20)3-5-17)18-10-19(25-13-18)6-8-24(9-7-19)12-16-11-21-14-22-16/h2-5,11,14,18H,6-10,12-13H2,1H3,(H,21,22). The van der Waals surface area contributed by atoms with Gasteiger partial charge in [-0.3, -0.25) is 4.90 Å². The van der Waals surface area contributed by atoms with E-state index in [9.17, 15) is 4.39 Å². The number of likely N-dealkylation sites (N-methyl/N-ethyl adjacent to an activating group) is 1. The molecule has 0 saturated carbocycles. The summed E-state index contributed by atoms with van der Waals surface area (Å²) in [4.78, 5) is 11.9. The minimum absolute atomic E-state index is 0.00342. The van der Waals surface area contributed by atoms with Crippen LogP contribution in [0.1, 0.15) is 25.0 Å². The highest BCUT2D eigenvalue weighted by molar-refractivity contribution is 5.46. The second-order valence-electron chi connectivity index (χ2n) is 7.29. The molecule has 1 N–H and O–H groups in total. The maximum Gasteiger partial charge on any atom is 0.123 e. The van der Waals surface area contributed by atoms with Gasteiger partial charge in [0.15, 0.2) is 0 Å². The summed E-state index contributed by atoms with van der Waals surface area (Å²) in [6.45, 7) is 3.77. The van der Waals surface area contributed by atoms with Crippen LogP contribution in [0.4, 0.5) is 10.1 Å². The van der Waals surface area contributed by atoms with E-state index in [2.05, 4.69) is 26.8 Å². The summed E-state index contributed by atoms with van der Waals surface area (Å²) in [7, 11) is 2.08. The summed E-state index contributed by atoms with van der Waals surface area (Å²) in [5, 5.41) is 0. The van der Waals surface area contributed by atoms with Crippen molar-refractivity contribution >= 4 is 5.69 Å². The number of hydrogen-bond acceptors (Lipinski definition) is 4. The van der Waals surface area contributed by atoms with Crippen LogP contribution in [0.2, 0.25) is 0 Å². The molecule has 2 saturated heterocycles. The largest absolute Gasteiger partial charge is 0.373 e. The van der Waals surface area contributed by atoms with Crippen LogP contribution in [-0.2, 0) is 11.3 Å². The van der Waals surface area contributed by atoms with Crippen molar-refractivity contribution in [2.24, 2.45) is 0 Å². The van der Waals surface area contributed by atoms with Crippen molar-refractivity contribution in [3.05, 3.63) is 48.3 Å². The Balaban J connectivity index is 1.33. The number of anilines is 1. The first-order valence-corrected chi connectivity index (χ1v) is 8.96. The lowest BCUT2D eigenvalue weighted by Crippen LogP contribution is -2.44. The lowest BCUT2D eigenvalue weighted by atomic mass is 9.87. The van der Waals surface area contributed by atoms with Gasteiger partial charge >= 0.3 is 0 Å². The molecule has 6 heteroatoms. The summed E-state index contributed by atoms with van der Waals surface area (Å²) in [6.07, 6.45) is 6.80. The Morgan fingerprint density at radius 3 is 2.76 bits per heavy atom. The number of piperidine rings is 1. The monoisotopic (exact) mass is 344 g/mol. The number of aromatic amines is 1. The van der Waals surface area contributed by atoms with Gasteiger partial charge in [-0.15, -0.1) is 0 Å². The van der Waals surface area contributed by atoms with Crippen LogP contribution >= 0.6 is 0 Å². The van der Waals surface area contributed by atoms with Gasteiger partial charge in [0, 0.05) is 44.3 Å². The SMILES string of the molecule is CN(c1ccc(F)cc1)C1COC2(CCN(Cc3cnc[nH]3)CC2)C1. The molecule has 5 nitrogen and oxygen atoms in total. The zero-order chi connectivity index (χ0) is 17.3. The van der Waals surface area contributed by atoms with Crippen LogP contribution in [0.25, 0.3) is 0 Å². The van der Waals surface area contributed by atoms with Gasteiger partial charge in [-0.1, -0.05) is 0 Å². The van der Waals surface area contributed by atoms with E-state index in [4.69, 9.17) is 4.74 Å². The smallest absolute Gasteiger partial charge is 0.123 e. The fraction of sp³-hybridized carbons (Fsp3) is 0.526. The molecule has 2 aliphatic rings. The van der Waals surface area contributed by atoms with Gasteiger partial charge in [-0.25, -0.2) is 9.37 Å². The number of benzene rings is 1. The van der Waals surface area contributed by atoms with Crippen molar-refractivity contribution in [1.29, 1.82) is 0 Å². The molecule has 0 bridgehead atoms. The number of aromatic nitrogens is 2. The van der Waals surface area contributed by atoms with Crippen molar-refractivity contribution in [2.45, 2.75) is 37.5 Å². The summed E-state index contributed by atoms with van der Waals surface area (Å²) < 4.78 is 19.4. The number of nitrogens with zero attached hydrogens (tertiary/aromatic N) is 3. The minimum Gasteiger partial charge on any atom is -0.373 e. The fourth-order valence-corrected chi connectivity index (χ4v) is 4.04. The van der Waals surface area contributed by atoms with E-state index in [0.717, 1.165) is 56.9 Å². The van der Waals surface area contributed by atoms with Crippen LogP contribution in [0.3, 0.4) is 0 Å². The minimum atomic E-state index is -0.194. The third-order valence-electron chi connectivity index (χ3n) is 5.69. The number of nitrogens with one attached hydrogen (secondary N) is 1. The lowest BCUT2D eigenvalue weighted by Gasteiger charge is -2.38. The van der Waals surface area contributed by atoms with E-state index < -0.39 is 0 Å². The second kappa shape index (κ2) is 6.77. The number of imidazole rings is 1. The topological polar surface area (TPSA) is 44.4 Å². The Morgan fingerprint density at radius 1 is 1.32 bits per heavy atom. The van der Waals surface area contributed by atoms with Crippen LogP contribution in [-0.4, -0.2) is 53.3 Å². The predicted octanol–water partition coefficient (Wildman–Crippen LogP) is 2.81. The summed E-state index contributed by atoms with van der Waals surface area (Å²) >= 11 is 0.